The zero-order chi connectivity index (χ0) is 8.97. The molecule has 0 radical (unpaired) electrons. The van der Waals surface area contributed by atoms with E-state index in [2.05, 4.69) is 22.0 Å². The van der Waals surface area contributed by atoms with Crippen molar-refractivity contribution in [3.05, 3.63) is 28.2 Å². The van der Waals surface area contributed by atoms with Crippen LogP contribution in [-0.4, -0.2) is 6.61 Å². The minimum absolute atomic E-state index is 0.598. The van der Waals surface area contributed by atoms with Crippen LogP contribution in [0.15, 0.2) is 22.7 Å². The van der Waals surface area contributed by atoms with Gasteiger partial charge in [-0.1, -0.05) is 6.07 Å². The van der Waals surface area contributed by atoms with Gasteiger partial charge in [-0.2, -0.15) is 5.26 Å². The van der Waals surface area contributed by atoms with Crippen LogP contribution in [0.2, 0.25) is 0 Å². The van der Waals surface area contributed by atoms with E-state index in [1.165, 1.54) is 0 Å². The van der Waals surface area contributed by atoms with E-state index >= 15 is 0 Å². The molecule has 0 bridgehead atoms. The van der Waals surface area contributed by atoms with Gasteiger partial charge in [0.1, 0.15) is 11.8 Å². The van der Waals surface area contributed by atoms with Crippen LogP contribution in [0.3, 0.4) is 0 Å². The SMILES string of the molecule is CCOc1cccc(C#N)c1Br. The summed E-state index contributed by atoms with van der Waals surface area (Å²) >= 11 is 3.29. The number of nitriles is 1. The van der Waals surface area contributed by atoms with E-state index in [-0.39, 0.29) is 0 Å². The molecule has 0 aliphatic rings. The highest BCUT2D eigenvalue weighted by atomic mass is 79.9. The van der Waals surface area contributed by atoms with Crippen molar-refractivity contribution in [2.45, 2.75) is 6.92 Å². The summed E-state index contributed by atoms with van der Waals surface area (Å²) in [6, 6.07) is 7.44. The standard InChI is InChI=1S/C9H8BrNO/c1-2-12-8-5-3-4-7(6-11)9(8)10/h3-5H,2H2,1H3. The smallest absolute Gasteiger partial charge is 0.134 e. The normalized spacial score (nSPS) is 9.08. The molecular formula is C9H8BrNO. The first-order chi connectivity index (χ1) is 5.79. The number of rotatable bonds is 2. The van der Waals surface area contributed by atoms with Crippen molar-refractivity contribution >= 4 is 15.9 Å². The molecule has 0 saturated heterocycles. The van der Waals surface area contributed by atoms with Gasteiger partial charge in [-0.05, 0) is 35.0 Å². The molecule has 0 fully saturated rings. The Morgan fingerprint density at radius 2 is 2.33 bits per heavy atom. The van der Waals surface area contributed by atoms with Crippen LogP contribution in [0.5, 0.6) is 5.75 Å². The Morgan fingerprint density at radius 3 is 2.92 bits per heavy atom. The number of nitrogens with zero attached hydrogens (tertiary/aromatic N) is 1. The second-order valence-corrected chi connectivity index (χ2v) is 2.96. The van der Waals surface area contributed by atoms with E-state index in [0.717, 1.165) is 10.2 Å². The lowest BCUT2D eigenvalue weighted by atomic mass is 10.2. The Bertz CT molecular complexity index is 317. The molecule has 2 nitrogen and oxygen atoms in total. The first-order valence-corrected chi connectivity index (χ1v) is 4.40. The van der Waals surface area contributed by atoms with Crippen molar-refractivity contribution in [2.24, 2.45) is 0 Å². The van der Waals surface area contributed by atoms with Gasteiger partial charge >= 0.3 is 0 Å². The molecule has 1 rings (SSSR count). The summed E-state index contributed by atoms with van der Waals surface area (Å²) in [5.74, 6) is 0.719. The van der Waals surface area contributed by atoms with E-state index < -0.39 is 0 Å². The van der Waals surface area contributed by atoms with E-state index in [1.807, 2.05) is 13.0 Å². The minimum Gasteiger partial charge on any atom is -0.493 e. The van der Waals surface area contributed by atoms with Crippen LogP contribution in [0.25, 0.3) is 0 Å². The maximum absolute atomic E-state index is 8.68. The van der Waals surface area contributed by atoms with Gasteiger partial charge in [0.25, 0.3) is 0 Å². The maximum atomic E-state index is 8.68. The Kier molecular flexibility index (Phi) is 3.12. The highest BCUT2D eigenvalue weighted by molar-refractivity contribution is 9.10. The zero-order valence-corrected chi connectivity index (χ0v) is 8.26. The Labute approximate surface area is 79.9 Å². The molecule has 0 aliphatic heterocycles. The molecule has 0 amide bonds. The highest BCUT2D eigenvalue weighted by Gasteiger charge is 2.04. The highest BCUT2D eigenvalue weighted by Crippen LogP contribution is 2.27. The molecule has 0 aromatic heterocycles. The number of halogens is 1. The average Bonchev–Trinajstić information content (AvgIpc) is 2.09. The summed E-state index contributed by atoms with van der Waals surface area (Å²) < 4.78 is 6.01. The lowest BCUT2D eigenvalue weighted by molar-refractivity contribution is 0.338. The number of hydrogen-bond donors (Lipinski definition) is 0. The molecule has 12 heavy (non-hydrogen) atoms. The number of hydrogen-bond acceptors (Lipinski definition) is 2. The fraction of sp³-hybridized carbons (Fsp3) is 0.222. The zero-order valence-electron chi connectivity index (χ0n) is 6.67. The van der Waals surface area contributed by atoms with Crippen LogP contribution in [0, 0.1) is 11.3 Å². The monoisotopic (exact) mass is 225 g/mol. The van der Waals surface area contributed by atoms with Crippen LogP contribution in [0.4, 0.5) is 0 Å². The van der Waals surface area contributed by atoms with E-state index in [9.17, 15) is 0 Å². The fourth-order valence-corrected chi connectivity index (χ4v) is 1.33. The van der Waals surface area contributed by atoms with E-state index in [0.29, 0.717) is 12.2 Å². The lowest BCUT2D eigenvalue weighted by Gasteiger charge is -2.05. The average molecular weight is 226 g/mol. The fourth-order valence-electron chi connectivity index (χ4n) is 0.864. The van der Waals surface area contributed by atoms with Crippen molar-refractivity contribution in [3.63, 3.8) is 0 Å². The third-order valence-corrected chi connectivity index (χ3v) is 2.20. The molecule has 1 aromatic rings. The van der Waals surface area contributed by atoms with Crippen LogP contribution in [-0.2, 0) is 0 Å². The Balaban J connectivity index is 3.07. The molecular weight excluding hydrogens is 218 g/mol. The van der Waals surface area contributed by atoms with Gasteiger partial charge < -0.3 is 4.74 Å². The summed E-state index contributed by atoms with van der Waals surface area (Å²) in [5.41, 5.74) is 0.598. The first-order valence-electron chi connectivity index (χ1n) is 3.61. The van der Waals surface area contributed by atoms with Crippen molar-refractivity contribution in [1.82, 2.24) is 0 Å². The van der Waals surface area contributed by atoms with Gasteiger partial charge in [0.05, 0.1) is 16.6 Å². The minimum atomic E-state index is 0.598. The summed E-state index contributed by atoms with van der Waals surface area (Å²) in [4.78, 5) is 0. The molecule has 3 heteroatoms. The second kappa shape index (κ2) is 4.13. The van der Waals surface area contributed by atoms with E-state index in [4.69, 9.17) is 10.00 Å². The largest absolute Gasteiger partial charge is 0.493 e. The van der Waals surface area contributed by atoms with Gasteiger partial charge in [0, 0.05) is 0 Å². The van der Waals surface area contributed by atoms with Crippen LogP contribution < -0.4 is 4.74 Å². The van der Waals surface area contributed by atoms with Gasteiger partial charge in [0.2, 0.25) is 0 Å². The predicted molar refractivity (Wildman–Crippen MR) is 50.0 cm³/mol. The Hall–Kier alpha value is -1.01. The molecule has 0 atom stereocenters. The third kappa shape index (κ3) is 1.77. The number of benzene rings is 1. The second-order valence-electron chi connectivity index (χ2n) is 2.16. The molecule has 0 aliphatic carbocycles. The lowest BCUT2D eigenvalue weighted by Crippen LogP contribution is -1.93. The van der Waals surface area contributed by atoms with Gasteiger partial charge in [-0.3, -0.25) is 0 Å². The topological polar surface area (TPSA) is 33.0 Å². The molecule has 1 aromatic carbocycles. The summed E-state index contributed by atoms with van der Waals surface area (Å²) in [6.07, 6.45) is 0. The van der Waals surface area contributed by atoms with Crippen LogP contribution in [0.1, 0.15) is 12.5 Å². The van der Waals surface area contributed by atoms with Crippen molar-refractivity contribution in [1.29, 1.82) is 5.26 Å². The predicted octanol–water partition coefficient (Wildman–Crippen LogP) is 2.72. The molecule has 0 N–H and O–H groups in total. The van der Waals surface area contributed by atoms with Gasteiger partial charge in [-0.25, -0.2) is 0 Å². The Morgan fingerprint density at radius 1 is 1.58 bits per heavy atom. The van der Waals surface area contributed by atoms with Gasteiger partial charge in [-0.15, -0.1) is 0 Å². The summed E-state index contributed by atoms with van der Waals surface area (Å²) in [7, 11) is 0. The molecule has 0 spiro atoms. The molecule has 0 saturated carbocycles. The van der Waals surface area contributed by atoms with Crippen molar-refractivity contribution < 1.29 is 4.74 Å². The third-order valence-electron chi connectivity index (χ3n) is 1.38. The summed E-state index contributed by atoms with van der Waals surface area (Å²) in [6.45, 7) is 2.51. The quantitative estimate of drug-likeness (QED) is 0.776. The molecule has 0 heterocycles. The van der Waals surface area contributed by atoms with Crippen LogP contribution >= 0.6 is 15.9 Å². The van der Waals surface area contributed by atoms with Crippen molar-refractivity contribution in [2.75, 3.05) is 6.61 Å². The number of ether oxygens (including phenoxy) is 1. The van der Waals surface area contributed by atoms with Crippen molar-refractivity contribution in [3.8, 4) is 11.8 Å². The first kappa shape index (κ1) is 9.08. The van der Waals surface area contributed by atoms with Gasteiger partial charge in [0.15, 0.2) is 0 Å². The van der Waals surface area contributed by atoms with E-state index in [1.54, 1.807) is 12.1 Å². The molecule has 0 unspecified atom stereocenters. The summed E-state index contributed by atoms with van der Waals surface area (Å²) in [5, 5.41) is 8.68. The maximum Gasteiger partial charge on any atom is 0.134 e. The molecule has 62 valence electrons.